The number of alkyl halides is 7. The number of halogens is 9. The van der Waals surface area contributed by atoms with Crippen molar-refractivity contribution in [2.24, 2.45) is 0 Å². The van der Waals surface area contributed by atoms with E-state index in [-0.39, 0.29) is 13.1 Å². The number of rotatable bonds is 1. The summed E-state index contributed by atoms with van der Waals surface area (Å²) in [5.74, 6) is -5.59. The molecule has 0 aliphatic carbocycles. The average Bonchev–Trinajstić information content (AvgIpc) is 2.42. The lowest BCUT2D eigenvalue weighted by Gasteiger charge is -2.39. The summed E-state index contributed by atoms with van der Waals surface area (Å²) >= 11 is 0. The number of aromatic nitrogens is 1. The van der Waals surface area contributed by atoms with Crippen molar-refractivity contribution in [1.29, 1.82) is 0 Å². The third-order valence-electron chi connectivity index (χ3n) is 3.69. The minimum Gasteiger partial charge on any atom is -0.369 e. The Labute approximate surface area is 129 Å². The van der Waals surface area contributed by atoms with Crippen molar-refractivity contribution in [2.75, 3.05) is 37.0 Å². The summed E-state index contributed by atoms with van der Waals surface area (Å²) in [5.41, 5.74) is -9.66. The van der Waals surface area contributed by atoms with Gasteiger partial charge in [0, 0.05) is 27.2 Å². The molecule has 1 aliphatic heterocycles. The number of likely N-dealkylation sites (N-methyl/N-ethyl adjacent to an activating group) is 2. The van der Waals surface area contributed by atoms with Gasteiger partial charge in [0.2, 0.25) is 0 Å². The van der Waals surface area contributed by atoms with Crippen LogP contribution in [0.3, 0.4) is 0 Å². The van der Waals surface area contributed by atoms with Crippen LogP contribution in [0, 0.1) is 11.8 Å². The fourth-order valence-corrected chi connectivity index (χ4v) is 2.42. The lowest BCUT2D eigenvalue weighted by Crippen LogP contribution is -2.52. The van der Waals surface area contributed by atoms with Crippen LogP contribution in [-0.4, -0.2) is 44.5 Å². The van der Waals surface area contributed by atoms with Gasteiger partial charge in [-0.3, -0.25) is 0 Å². The second-order valence-corrected chi connectivity index (χ2v) is 5.26. The van der Waals surface area contributed by atoms with Crippen LogP contribution in [0.4, 0.5) is 51.0 Å². The summed E-state index contributed by atoms with van der Waals surface area (Å²) in [6, 6.07) is 0. The Morgan fingerprint density at radius 2 is 1.29 bits per heavy atom. The molecule has 136 valence electrons. The van der Waals surface area contributed by atoms with Crippen LogP contribution in [0.15, 0.2) is 0 Å². The summed E-state index contributed by atoms with van der Waals surface area (Å²) in [5, 5.41) is 0. The van der Waals surface area contributed by atoms with E-state index in [4.69, 9.17) is 0 Å². The van der Waals surface area contributed by atoms with Gasteiger partial charge in [0.05, 0.1) is 11.3 Å². The molecule has 2 rings (SSSR count). The number of pyridine rings is 1. The zero-order chi connectivity index (χ0) is 18.7. The van der Waals surface area contributed by atoms with E-state index >= 15 is 0 Å². The highest BCUT2D eigenvalue weighted by Gasteiger charge is 2.75. The first kappa shape index (κ1) is 18.5. The van der Waals surface area contributed by atoms with E-state index in [0.29, 0.717) is 0 Å². The molecule has 0 aromatic carbocycles. The first-order chi connectivity index (χ1) is 10.7. The Balaban J connectivity index is 2.97. The van der Waals surface area contributed by atoms with Gasteiger partial charge in [-0.15, -0.1) is 0 Å². The molecule has 24 heavy (non-hydrogen) atoms. The Morgan fingerprint density at radius 1 is 0.833 bits per heavy atom. The zero-order valence-corrected chi connectivity index (χ0v) is 12.2. The minimum absolute atomic E-state index is 0.0539. The standard InChI is InChI=1S/C12H10F9N3/c1-23-3-4-24(2)9-7(23)5(6(13)8(14)22-9)10(15,11(16,17)18)12(19,20)21/h3-4H2,1-2H3. The van der Waals surface area contributed by atoms with Crippen LogP contribution >= 0.6 is 0 Å². The molecule has 0 saturated carbocycles. The minimum atomic E-state index is -6.56. The van der Waals surface area contributed by atoms with Gasteiger partial charge in [-0.25, -0.2) is 8.78 Å². The first-order valence-corrected chi connectivity index (χ1v) is 6.37. The number of hydrogen-bond acceptors (Lipinski definition) is 3. The van der Waals surface area contributed by atoms with Gasteiger partial charge >= 0.3 is 18.0 Å². The Morgan fingerprint density at radius 3 is 1.75 bits per heavy atom. The molecule has 0 unspecified atom stereocenters. The summed E-state index contributed by atoms with van der Waals surface area (Å²) in [7, 11) is 2.22. The molecule has 1 aliphatic rings. The van der Waals surface area contributed by atoms with Crippen LogP contribution in [0.1, 0.15) is 5.56 Å². The van der Waals surface area contributed by atoms with Gasteiger partial charge in [0.15, 0.2) is 11.6 Å². The van der Waals surface area contributed by atoms with Crippen molar-refractivity contribution in [1.82, 2.24) is 4.98 Å². The lowest BCUT2D eigenvalue weighted by molar-refractivity contribution is -0.349. The van der Waals surface area contributed by atoms with Gasteiger partial charge in [-0.1, -0.05) is 0 Å². The van der Waals surface area contributed by atoms with Crippen molar-refractivity contribution in [3.63, 3.8) is 0 Å². The largest absolute Gasteiger partial charge is 0.436 e. The normalized spacial score (nSPS) is 16.5. The molecule has 1 aromatic rings. The van der Waals surface area contributed by atoms with Crippen molar-refractivity contribution < 1.29 is 39.5 Å². The van der Waals surface area contributed by atoms with Gasteiger partial charge in [-0.2, -0.15) is 35.7 Å². The second-order valence-electron chi connectivity index (χ2n) is 5.26. The smallest absolute Gasteiger partial charge is 0.369 e. The highest BCUT2D eigenvalue weighted by molar-refractivity contribution is 5.74. The monoisotopic (exact) mass is 367 g/mol. The molecule has 2 heterocycles. The third-order valence-corrected chi connectivity index (χ3v) is 3.69. The fourth-order valence-electron chi connectivity index (χ4n) is 2.42. The van der Waals surface area contributed by atoms with E-state index < -0.39 is 46.9 Å². The second kappa shape index (κ2) is 5.31. The van der Waals surface area contributed by atoms with E-state index in [0.717, 1.165) is 16.8 Å². The predicted octanol–water partition coefficient (Wildman–Crippen LogP) is 3.54. The molecule has 0 atom stereocenters. The summed E-state index contributed by atoms with van der Waals surface area (Å²) in [4.78, 5) is 4.80. The fraction of sp³-hybridized carbons (Fsp3) is 0.583. The lowest BCUT2D eigenvalue weighted by atomic mass is 9.91. The van der Waals surface area contributed by atoms with Crippen LogP contribution in [0.5, 0.6) is 0 Å². The van der Waals surface area contributed by atoms with Crippen LogP contribution in [0.2, 0.25) is 0 Å². The SMILES string of the molecule is CN1CCN(C)c2c1nc(F)c(F)c2C(F)(C(F)(F)F)C(F)(F)F. The predicted molar refractivity (Wildman–Crippen MR) is 65.6 cm³/mol. The Kier molecular flexibility index (Phi) is 4.09. The molecule has 0 saturated heterocycles. The zero-order valence-electron chi connectivity index (χ0n) is 12.2. The molecule has 0 bridgehead atoms. The Bertz CT molecular complexity index is 639. The molecular weight excluding hydrogens is 357 g/mol. The van der Waals surface area contributed by atoms with Crippen molar-refractivity contribution in [2.45, 2.75) is 18.0 Å². The van der Waals surface area contributed by atoms with Gasteiger partial charge < -0.3 is 9.80 Å². The average molecular weight is 367 g/mol. The first-order valence-electron chi connectivity index (χ1n) is 6.37. The molecule has 0 spiro atoms. The number of fused-ring (bicyclic) bond motifs is 1. The van der Waals surface area contributed by atoms with E-state index in [1.165, 1.54) is 7.05 Å². The number of anilines is 2. The third kappa shape index (κ3) is 2.42. The highest BCUT2D eigenvalue weighted by Crippen LogP contribution is 2.57. The van der Waals surface area contributed by atoms with Crippen molar-refractivity contribution in [3.8, 4) is 0 Å². The molecule has 0 N–H and O–H groups in total. The van der Waals surface area contributed by atoms with Crippen molar-refractivity contribution >= 4 is 11.5 Å². The van der Waals surface area contributed by atoms with Gasteiger partial charge in [0.25, 0.3) is 5.95 Å². The highest BCUT2D eigenvalue weighted by atomic mass is 19.4. The van der Waals surface area contributed by atoms with Crippen LogP contribution in [0.25, 0.3) is 0 Å². The molecule has 3 nitrogen and oxygen atoms in total. The summed E-state index contributed by atoms with van der Waals surface area (Å²) < 4.78 is 120. The summed E-state index contributed by atoms with van der Waals surface area (Å²) in [6.07, 6.45) is -13.1. The summed E-state index contributed by atoms with van der Waals surface area (Å²) in [6.45, 7) is -0.0899. The molecule has 0 radical (unpaired) electrons. The van der Waals surface area contributed by atoms with E-state index in [9.17, 15) is 39.5 Å². The van der Waals surface area contributed by atoms with Crippen LogP contribution < -0.4 is 9.80 Å². The maximum atomic E-state index is 14.3. The molecule has 12 heteroatoms. The van der Waals surface area contributed by atoms with Crippen LogP contribution in [-0.2, 0) is 5.67 Å². The quantitative estimate of drug-likeness (QED) is 0.559. The van der Waals surface area contributed by atoms with Gasteiger partial charge in [0.1, 0.15) is 0 Å². The van der Waals surface area contributed by atoms with E-state index in [1.807, 2.05) is 0 Å². The molecule has 0 fully saturated rings. The number of nitrogens with zero attached hydrogens (tertiary/aromatic N) is 3. The molecule has 0 amide bonds. The molecular formula is C12H10F9N3. The van der Waals surface area contributed by atoms with Crippen molar-refractivity contribution in [3.05, 3.63) is 17.3 Å². The van der Waals surface area contributed by atoms with E-state index in [1.54, 1.807) is 0 Å². The maximum Gasteiger partial charge on any atom is 0.436 e. The molecule has 1 aromatic heterocycles. The maximum absolute atomic E-state index is 14.3. The Hall–Kier alpha value is -1.88. The number of hydrogen-bond donors (Lipinski definition) is 0. The van der Waals surface area contributed by atoms with Gasteiger partial charge in [-0.05, 0) is 0 Å². The van der Waals surface area contributed by atoms with E-state index in [2.05, 4.69) is 4.98 Å². The topological polar surface area (TPSA) is 19.4 Å².